The molecule has 3 aromatic rings. The number of rotatable bonds is 4. The van der Waals surface area contributed by atoms with E-state index in [2.05, 4.69) is 4.98 Å². The average Bonchev–Trinajstić information content (AvgIpc) is 3.20. The third-order valence-corrected chi connectivity index (χ3v) is 5.11. The SMILES string of the molecule is COc1ccc2c(CCn3c4c(c(=O)[nH]c3=O)C(O)(C(F)(F)F)C(=O)N4)c[nH]c2c1. The molecule has 1 aliphatic rings. The predicted octanol–water partition coefficient (Wildman–Crippen LogP) is 0.971. The summed E-state index contributed by atoms with van der Waals surface area (Å²) in [6.07, 6.45) is -3.59. The van der Waals surface area contributed by atoms with Crippen molar-refractivity contribution in [2.75, 3.05) is 12.4 Å². The fourth-order valence-electron chi connectivity index (χ4n) is 3.56. The topological polar surface area (TPSA) is 129 Å². The van der Waals surface area contributed by atoms with E-state index in [-0.39, 0.29) is 13.0 Å². The number of hydrogen-bond donors (Lipinski definition) is 4. The second kappa shape index (κ2) is 6.49. The fraction of sp³-hybridized carbons (Fsp3) is 0.278. The molecular weight excluding hydrogens is 409 g/mol. The Morgan fingerprint density at radius 1 is 1.23 bits per heavy atom. The van der Waals surface area contributed by atoms with Gasteiger partial charge in [0.2, 0.25) is 0 Å². The number of anilines is 1. The van der Waals surface area contributed by atoms with Gasteiger partial charge in [-0.25, -0.2) is 4.79 Å². The van der Waals surface area contributed by atoms with E-state index in [1.54, 1.807) is 29.4 Å². The molecule has 2 aromatic heterocycles. The molecule has 12 heteroatoms. The number of alkyl halides is 3. The van der Waals surface area contributed by atoms with E-state index >= 15 is 0 Å². The second-order valence-corrected chi connectivity index (χ2v) is 6.77. The molecule has 0 saturated heterocycles. The predicted molar refractivity (Wildman–Crippen MR) is 98.5 cm³/mol. The Labute approximate surface area is 165 Å². The highest BCUT2D eigenvalue weighted by molar-refractivity contribution is 6.04. The third kappa shape index (κ3) is 2.71. The number of nitrogens with zero attached hydrogens (tertiary/aromatic N) is 1. The highest BCUT2D eigenvalue weighted by Gasteiger charge is 2.66. The minimum absolute atomic E-state index is 0.162. The van der Waals surface area contributed by atoms with E-state index in [1.165, 1.54) is 7.11 Å². The number of hydrogen-bond acceptors (Lipinski definition) is 5. The number of aliphatic hydroxyl groups is 1. The van der Waals surface area contributed by atoms with Crippen molar-refractivity contribution >= 4 is 22.6 Å². The summed E-state index contributed by atoms with van der Waals surface area (Å²) in [5.41, 5.74) is -6.28. The lowest BCUT2D eigenvalue weighted by Gasteiger charge is -2.22. The van der Waals surface area contributed by atoms with Crippen molar-refractivity contribution in [2.45, 2.75) is 24.7 Å². The van der Waals surface area contributed by atoms with Gasteiger partial charge in [-0.05, 0) is 24.1 Å². The van der Waals surface area contributed by atoms with Gasteiger partial charge in [0.15, 0.2) is 0 Å². The number of aromatic nitrogens is 3. The first-order chi connectivity index (χ1) is 14.1. The molecule has 4 rings (SSSR count). The molecule has 0 spiro atoms. The molecule has 3 heterocycles. The van der Waals surface area contributed by atoms with Crippen molar-refractivity contribution in [2.24, 2.45) is 0 Å². The summed E-state index contributed by atoms with van der Waals surface area (Å²) in [6, 6.07) is 5.27. The number of carbonyl (C=O) groups is 1. The summed E-state index contributed by atoms with van der Waals surface area (Å²) in [4.78, 5) is 41.0. The van der Waals surface area contributed by atoms with Crippen LogP contribution in [-0.4, -0.2) is 38.8 Å². The van der Waals surface area contributed by atoms with Crippen molar-refractivity contribution in [3.8, 4) is 5.75 Å². The Morgan fingerprint density at radius 2 is 1.97 bits per heavy atom. The number of nitrogens with one attached hydrogen (secondary N) is 3. The number of carbonyl (C=O) groups excluding carboxylic acids is 1. The van der Waals surface area contributed by atoms with Crippen LogP contribution in [0.5, 0.6) is 5.75 Å². The first-order valence-corrected chi connectivity index (χ1v) is 8.70. The van der Waals surface area contributed by atoms with Crippen LogP contribution in [-0.2, 0) is 23.4 Å². The van der Waals surface area contributed by atoms with Gasteiger partial charge in [0, 0.05) is 29.7 Å². The second-order valence-electron chi connectivity index (χ2n) is 6.77. The average molecular weight is 424 g/mol. The number of methoxy groups -OCH3 is 1. The van der Waals surface area contributed by atoms with Gasteiger partial charge in [-0.1, -0.05) is 0 Å². The molecule has 158 valence electrons. The first-order valence-electron chi connectivity index (χ1n) is 8.70. The third-order valence-electron chi connectivity index (χ3n) is 5.11. The van der Waals surface area contributed by atoms with E-state index in [0.29, 0.717) is 5.75 Å². The molecule has 0 fully saturated rings. The van der Waals surface area contributed by atoms with Crippen molar-refractivity contribution in [3.05, 3.63) is 56.4 Å². The van der Waals surface area contributed by atoms with Crippen LogP contribution in [0, 0.1) is 0 Å². The number of amides is 1. The largest absolute Gasteiger partial charge is 0.497 e. The van der Waals surface area contributed by atoms with Gasteiger partial charge in [0.25, 0.3) is 17.1 Å². The molecule has 4 N–H and O–H groups in total. The number of aromatic amines is 2. The van der Waals surface area contributed by atoms with Crippen LogP contribution in [0.25, 0.3) is 10.9 Å². The standard InChI is InChI=1S/C18H15F3N4O5/c1-30-9-2-3-10-8(7-22-11(10)6-9)4-5-25-13-12(14(26)24-16(25)28)17(29,15(27)23-13)18(19,20)21/h2-3,6-7,22,29H,4-5H2,1H3,(H,23,27)(H,24,26,28). The number of H-pyrrole nitrogens is 2. The quantitative estimate of drug-likeness (QED) is 0.496. The van der Waals surface area contributed by atoms with Crippen LogP contribution >= 0.6 is 0 Å². The van der Waals surface area contributed by atoms with Gasteiger partial charge < -0.3 is 20.1 Å². The van der Waals surface area contributed by atoms with E-state index in [9.17, 15) is 32.7 Å². The monoisotopic (exact) mass is 424 g/mol. The minimum Gasteiger partial charge on any atom is -0.497 e. The van der Waals surface area contributed by atoms with Crippen LogP contribution in [0.3, 0.4) is 0 Å². The van der Waals surface area contributed by atoms with E-state index < -0.39 is 40.3 Å². The number of fused-ring (bicyclic) bond motifs is 2. The molecule has 1 aromatic carbocycles. The molecule has 1 unspecified atom stereocenters. The molecule has 0 bridgehead atoms. The first kappa shape index (κ1) is 19.8. The summed E-state index contributed by atoms with van der Waals surface area (Å²) in [5.74, 6) is -1.89. The van der Waals surface area contributed by atoms with Crippen molar-refractivity contribution in [1.82, 2.24) is 14.5 Å². The van der Waals surface area contributed by atoms with E-state index in [4.69, 9.17) is 4.74 Å². The maximum Gasteiger partial charge on any atom is 0.431 e. The van der Waals surface area contributed by atoms with Gasteiger partial charge in [0.05, 0.1) is 7.11 Å². The zero-order valence-electron chi connectivity index (χ0n) is 15.4. The smallest absolute Gasteiger partial charge is 0.431 e. The zero-order valence-corrected chi connectivity index (χ0v) is 15.4. The van der Waals surface area contributed by atoms with E-state index in [1.807, 2.05) is 5.32 Å². The van der Waals surface area contributed by atoms with Crippen LogP contribution in [0.1, 0.15) is 11.1 Å². The van der Waals surface area contributed by atoms with Crippen LogP contribution in [0.2, 0.25) is 0 Å². The van der Waals surface area contributed by atoms with Crippen LogP contribution in [0.4, 0.5) is 19.0 Å². The van der Waals surface area contributed by atoms with Crippen LogP contribution in [0.15, 0.2) is 34.0 Å². The highest BCUT2D eigenvalue weighted by Crippen LogP contribution is 2.44. The van der Waals surface area contributed by atoms with Crippen LogP contribution < -0.4 is 21.3 Å². The Bertz CT molecular complexity index is 1290. The molecule has 1 aliphatic heterocycles. The summed E-state index contributed by atoms with van der Waals surface area (Å²) >= 11 is 0. The van der Waals surface area contributed by atoms with Crippen molar-refractivity contribution in [1.29, 1.82) is 0 Å². The maximum atomic E-state index is 13.4. The maximum absolute atomic E-state index is 13.4. The minimum atomic E-state index is -5.45. The zero-order chi connectivity index (χ0) is 21.8. The Balaban J connectivity index is 1.75. The normalized spacial score (nSPS) is 18.5. The lowest BCUT2D eigenvalue weighted by atomic mass is 9.97. The molecule has 1 amide bonds. The lowest BCUT2D eigenvalue weighted by Crippen LogP contribution is -2.50. The van der Waals surface area contributed by atoms with Gasteiger partial charge in [0.1, 0.15) is 17.1 Å². The molecule has 9 nitrogen and oxygen atoms in total. The van der Waals surface area contributed by atoms with Gasteiger partial charge in [-0.15, -0.1) is 0 Å². The fourth-order valence-corrected chi connectivity index (χ4v) is 3.56. The molecule has 0 saturated carbocycles. The van der Waals surface area contributed by atoms with E-state index in [0.717, 1.165) is 21.0 Å². The number of ether oxygens (including phenoxy) is 1. The lowest BCUT2D eigenvalue weighted by molar-refractivity contribution is -0.252. The summed E-state index contributed by atoms with van der Waals surface area (Å²) in [6.45, 7) is -0.162. The van der Waals surface area contributed by atoms with Crippen molar-refractivity contribution in [3.63, 3.8) is 0 Å². The summed E-state index contributed by atoms with van der Waals surface area (Å²) < 4.78 is 46.0. The van der Waals surface area contributed by atoms with Gasteiger partial charge in [-0.3, -0.25) is 19.1 Å². The van der Waals surface area contributed by atoms with Gasteiger partial charge >= 0.3 is 11.9 Å². The van der Waals surface area contributed by atoms with Gasteiger partial charge in [-0.2, -0.15) is 13.2 Å². The number of aryl methyl sites for hydroxylation is 1. The number of benzene rings is 1. The summed E-state index contributed by atoms with van der Waals surface area (Å²) in [5, 5.41) is 12.6. The molecule has 30 heavy (non-hydrogen) atoms. The Hall–Kier alpha value is -3.54. The Morgan fingerprint density at radius 3 is 2.63 bits per heavy atom. The van der Waals surface area contributed by atoms with Crippen molar-refractivity contribution < 1.29 is 27.8 Å². The highest BCUT2D eigenvalue weighted by atomic mass is 19.4. The summed E-state index contributed by atoms with van der Waals surface area (Å²) in [7, 11) is 1.52. The Kier molecular flexibility index (Phi) is 4.27. The molecular formula is C18H15F3N4O5. The molecule has 0 radical (unpaired) electrons. The molecule has 1 atom stereocenters. The number of halogens is 3. The molecule has 0 aliphatic carbocycles.